The number of aromatic nitrogens is 3. The molecular weight excluding hydrogens is 724 g/mol. The Morgan fingerprint density at radius 1 is 1.10 bits per heavy atom. The number of carbonyl (C=O) groups is 1. The molecule has 1 atom stereocenters. The van der Waals surface area contributed by atoms with Crippen molar-refractivity contribution in [2.24, 2.45) is 11.1 Å². The number of hydrogen-bond donors (Lipinski definition) is 3. The molecule has 1 heterocycles. The van der Waals surface area contributed by atoms with E-state index in [1.54, 1.807) is 35.0 Å². The van der Waals surface area contributed by atoms with E-state index < -0.39 is 51.2 Å². The molecule has 3 aromatic carbocycles. The van der Waals surface area contributed by atoms with E-state index in [1.165, 1.54) is 6.33 Å². The van der Waals surface area contributed by atoms with Crippen LogP contribution in [-0.2, 0) is 35.2 Å². The summed E-state index contributed by atoms with van der Waals surface area (Å²) in [4.78, 5) is 20.7. The van der Waals surface area contributed by atoms with Crippen LogP contribution in [0.1, 0.15) is 47.9 Å². The lowest BCUT2D eigenvalue weighted by atomic mass is 9.89. The molecule has 0 saturated heterocycles. The molecule has 0 spiro atoms. The van der Waals surface area contributed by atoms with Crippen LogP contribution >= 0.6 is 35.4 Å². The van der Waals surface area contributed by atoms with Crippen molar-refractivity contribution < 1.29 is 36.7 Å². The number of aliphatic hydroxyl groups is 1. The molecule has 16 heteroatoms. The van der Waals surface area contributed by atoms with Crippen LogP contribution in [0.5, 0.6) is 0 Å². The third kappa shape index (κ3) is 9.47. The molecule has 0 aliphatic heterocycles. The topological polar surface area (TPSA) is 105 Å². The normalized spacial score (nSPS) is 16.5. The standard InChI is InChI=1S/C20H17F5N2O2.C14H15Cl2N3OS/c21-15-9-8-14(20(23,24)25)17(18(15)22)19(27-29-11-13-6-7-13)26-16(28)10-12-4-2-1-3-5-12;15-11-4-2-1-3-10(11)7-14(20,13(16)5-6-13)8-19-12(21)17-9-18-19/h1-5,8-9,13H,6-7,10-11H2,(H,26,27,28);1-4,9,20H,5-8H2,(H,17,18,21). The van der Waals surface area contributed by atoms with E-state index in [0.717, 1.165) is 31.2 Å². The fraction of sp³-hybridized carbons (Fsp3) is 0.353. The first-order valence-electron chi connectivity index (χ1n) is 15.5. The first-order chi connectivity index (χ1) is 23.7. The highest BCUT2D eigenvalue weighted by atomic mass is 35.5. The van der Waals surface area contributed by atoms with E-state index in [9.17, 15) is 31.9 Å². The number of carbonyl (C=O) groups excluding carboxylic acids is 1. The van der Waals surface area contributed by atoms with E-state index in [4.69, 9.17) is 40.3 Å². The van der Waals surface area contributed by atoms with Gasteiger partial charge in [-0.2, -0.15) is 13.2 Å². The molecule has 8 nitrogen and oxygen atoms in total. The van der Waals surface area contributed by atoms with E-state index in [-0.39, 0.29) is 25.5 Å². The van der Waals surface area contributed by atoms with Gasteiger partial charge >= 0.3 is 6.18 Å². The van der Waals surface area contributed by atoms with Crippen molar-refractivity contribution in [1.29, 1.82) is 0 Å². The molecule has 2 aliphatic rings. The fourth-order valence-electron chi connectivity index (χ4n) is 5.14. The number of nitrogens with one attached hydrogen (secondary N) is 2. The Morgan fingerprint density at radius 2 is 1.78 bits per heavy atom. The van der Waals surface area contributed by atoms with Crippen LogP contribution in [-0.4, -0.2) is 48.7 Å². The smallest absolute Gasteiger partial charge is 0.394 e. The second-order valence-corrected chi connectivity index (χ2v) is 13.7. The first kappa shape index (κ1) is 37.4. The maximum atomic E-state index is 14.4. The zero-order valence-electron chi connectivity index (χ0n) is 26.3. The fourth-order valence-corrected chi connectivity index (χ4v) is 5.73. The van der Waals surface area contributed by atoms with E-state index >= 15 is 0 Å². The van der Waals surface area contributed by atoms with Gasteiger partial charge < -0.3 is 15.3 Å². The lowest BCUT2D eigenvalue weighted by Gasteiger charge is -2.33. The minimum Gasteiger partial charge on any atom is -0.394 e. The van der Waals surface area contributed by atoms with Crippen molar-refractivity contribution in [2.75, 3.05) is 6.61 Å². The predicted octanol–water partition coefficient (Wildman–Crippen LogP) is 7.77. The number of hydrogen-bond acceptors (Lipinski definition) is 6. The van der Waals surface area contributed by atoms with E-state index in [2.05, 4.69) is 20.6 Å². The molecule has 0 bridgehead atoms. The monoisotopic (exact) mass is 755 g/mol. The second kappa shape index (κ2) is 15.6. The highest BCUT2D eigenvalue weighted by molar-refractivity contribution is 7.71. The van der Waals surface area contributed by atoms with Gasteiger partial charge in [-0.25, -0.2) is 13.8 Å². The number of nitrogens with zero attached hydrogens (tertiary/aromatic N) is 3. The van der Waals surface area contributed by atoms with Crippen LogP contribution in [0, 0.1) is 22.3 Å². The van der Waals surface area contributed by atoms with E-state index in [1.807, 2.05) is 24.3 Å². The highest BCUT2D eigenvalue weighted by Crippen LogP contribution is 2.53. The lowest BCUT2D eigenvalue weighted by molar-refractivity contribution is -0.138. The van der Waals surface area contributed by atoms with Gasteiger partial charge in [-0.3, -0.25) is 14.6 Å². The Bertz CT molecular complexity index is 1900. The van der Waals surface area contributed by atoms with Crippen molar-refractivity contribution in [1.82, 2.24) is 20.1 Å². The molecule has 2 aliphatic carbocycles. The second-order valence-electron chi connectivity index (χ2n) is 12.2. The van der Waals surface area contributed by atoms with Crippen LogP contribution in [0.15, 0.2) is 78.2 Å². The van der Waals surface area contributed by atoms with Crippen LogP contribution in [0.25, 0.3) is 0 Å². The Hall–Kier alpha value is -3.85. The summed E-state index contributed by atoms with van der Waals surface area (Å²) in [7, 11) is 0. The summed E-state index contributed by atoms with van der Waals surface area (Å²) >= 11 is 17.9. The molecule has 1 amide bonds. The van der Waals surface area contributed by atoms with Gasteiger partial charge in [0.1, 0.15) is 18.5 Å². The number of amidine groups is 1. The van der Waals surface area contributed by atoms with Gasteiger partial charge in [0, 0.05) is 11.4 Å². The van der Waals surface area contributed by atoms with Crippen molar-refractivity contribution in [3.63, 3.8) is 0 Å². The zero-order valence-corrected chi connectivity index (χ0v) is 28.7. The van der Waals surface area contributed by atoms with Gasteiger partial charge in [0.2, 0.25) is 10.7 Å². The van der Waals surface area contributed by atoms with Crippen molar-refractivity contribution in [3.05, 3.63) is 117 Å². The van der Waals surface area contributed by atoms with Crippen LogP contribution in [0.4, 0.5) is 22.0 Å². The molecule has 0 radical (unpaired) electrons. The molecule has 266 valence electrons. The molecule has 50 heavy (non-hydrogen) atoms. The first-order valence-corrected chi connectivity index (χ1v) is 16.7. The maximum absolute atomic E-state index is 14.4. The van der Waals surface area contributed by atoms with Crippen LogP contribution in [0.2, 0.25) is 5.02 Å². The average Bonchev–Trinajstić information content (AvgIpc) is 4.00. The number of alkyl halides is 4. The molecule has 3 N–H and O–H groups in total. The van der Waals surface area contributed by atoms with Crippen molar-refractivity contribution >= 4 is 47.2 Å². The van der Waals surface area contributed by atoms with E-state index in [0.29, 0.717) is 33.9 Å². The largest absolute Gasteiger partial charge is 0.417 e. The Kier molecular flexibility index (Phi) is 11.7. The summed E-state index contributed by atoms with van der Waals surface area (Å²) in [5.41, 5.74) is -2.34. The van der Waals surface area contributed by atoms with Crippen LogP contribution in [0.3, 0.4) is 0 Å². The number of halogens is 7. The van der Waals surface area contributed by atoms with Gasteiger partial charge in [-0.05, 0) is 73.1 Å². The molecule has 2 fully saturated rings. The Balaban J connectivity index is 0.000000204. The van der Waals surface area contributed by atoms with Gasteiger partial charge in [0.05, 0.1) is 29.0 Å². The molecule has 2 saturated carbocycles. The highest BCUT2D eigenvalue weighted by Gasteiger charge is 2.58. The third-order valence-corrected chi connectivity index (χ3v) is 9.69. The summed E-state index contributed by atoms with van der Waals surface area (Å²) in [5, 5.41) is 20.4. The number of benzene rings is 3. The number of aromatic amines is 1. The summed E-state index contributed by atoms with van der Waals surface area (Å²) in [6, 6.07) is 16.6. The average molecular weight is 757 g/mol. The van der Waals surface area contributed by atoms with Gasteiger partial charge in [-0.1, -0.05) is 65.3 Å². The van der Waals surface area contributed by atoms with Crippen molar-refractivity contribution in [2.45, 2.75) is 61.7 Å². The molecule has 6 rings (SSSR count). The summed E-state index contributed by atoms with van der Waals surface area (Å²) in [6.45, 7) is 0.372. The predicted molar refractivity (Wildman–Crippen MR) is 180 cm³/mol. The summed E-state index contributed by atoms with van der Waals surface area (Å²) < 4.78 is 70.2. The Labute approximate surface area is 299 Å². The third-order valence-electron chi connectivity index (χ3n) is 8.27. The number of amides is 1. The van der Waals surface area contributed by atoms with Gasteiger partial charge in [0.15, 0.2) is 17.5 Å². The Morgan fingerprint density at radius 3 is 2.38 bits per heavy atom. The quantitative estimate of drug-likeness (QED) is 0.0363. The SMILES string of the molecule is O=C(Cc1ccccc1)NC(=NOCC1CC1)c1c(C(F)(F)F)ccc(F)c1F.OC(Cc1ccccc1Cl)(Cn1[nH]cnc1=S)C1(Cl)CC1. The minimum absolute atomic E-state index is 0.107. The van der Waals surface area contributed by atoms with Crippen LogP contribution < -0.4 is 5.32 Å². The molecular formula is C34H32Cl2F5N5O3S. The maximum Gasteiger partial charge on any atom is 0.417 e. The number of oxime groups is 1. The number of H-pyrrole nitrogens is 1. The van der Waals surface area contributed by atoms with Gasteiger partial charge in [0.25, 0.3) is 0 Å². The summed E-state index contributed by atoms with van der Waals surface area (Å²) in [6.07, 6.45) is 0.00368. The summed E-state index contributed by atoms with van der Waals surface area (Å²) in [5.74, 6) is -4.63. The van der Waals surface area contributed by atoms with Gasteiger partial charge in [-0.15, -0.1) is 11.6 Å². The minimum atomic E-state index is -4.99. The number of rotatable bonds is 11. The van der Waals surface area contributed by atoms with Crippen molar-refractivity contribution in [3.8, 4) is 0 Å². The zero-order chi connectivity index (χ0) is 36.1. The molecule has 1 unspecified atom stereocenters. The lowest BCUT2D eigenvalue weighted by Crippen LogP contribution is -2.47. The molecule has 1 aromatic heterocycles. The molecule has 4 aromatic rings.